The van der Waals surface area contributed by atoms with Crippen LogP contribution in [-0.4, -0.2) is 65.9 Å². The normalized spacial score (nSPS) is 11.6. The van der Waals surface area contributed by atoms with Crippen molar-refractivity contribution in [2.75, 3.05) is 27.4 Å². The van der Waals surface area contributed by atoms with E-state index in [9.17, 15) is 32.4 Å². The van der Waals surface area contributed by atoms with Gasteiger partial charge in [0.15, 0.2) is 11.5 Å². The third-order valence-electron chi connectivity index (χ3n) is 6.16. The molecule has 0 N–H and O–H groups in total. The van der Waals surface area contributed by atoms with Crippen LogP contribution in [-0.2, 0) is 36.2 Å². The number of benzene rings is 2. The number of hydrogen-bond donors (Lipinski definition) is 0. The summed E-state index contributed by atoms with van der Waals surface area (Å²) in [6.45, 7) is 1.64. The number of aryl methyl sites for hydroxylation is 1. The second kappa shape index (κ2) is 16.2. The molecule has 0 aliphatic carbocycles. The predicted octanol–water partition coefficient (Wildman–Crippen LogP) is -6.12. The molecular weight excluding hydrogens is 652 g/mol. The number of aliphatic carboxylic acids is 2. The number of hydrogen-bond acceptors (Lipinski definition) is 13. The van der Waals surface area contributed by atoms with Crippen LogP contribution in [0.3, 0.4) is 0 Å². The number of ether oxygens (including phenoxy) is 4. The molecule has 0 saturated carbocycles. The summed E-state index contributed by atoms with van der Waals surface area (Å²) in [6, 6.07) is 7.58. The largest absolute Gasteiger partial charge is 1.00 e. The number of methoxy groups -OCH3 is 2. The Morgan fingerprint density at radius 3 is 2.18 bits per heavy atom. The van der Waals surface area contributed by atoms with Crippen LogP contribution >= 0.6 is 0 Å². The fraction of sp³-hybridized carbons (Fsp3) is 0.259. The molecule has 2 heterocycles. The number of pyridine rings is 1. The van der Waals surface area contributed by atoms with E-state index in [-0.39, 0.29) is 86.8 Å². The van der Waals surface area contributed by atoms with Crippen LogP contribution in [0, 0.1) is 13.8 Å². The number of fused-ring (bicyclic) bond motifs is 1. The minimum atomic E-state index is -4.62. The van der Waals surface area contributed by atoms with Crippen molar-refractivity contribution in [2.45, 2.75) is 29.7 Å². The fourth-order valence-corrected chi connectivity index (χ4v) is 7.23. The van der Waals surface area contributed by atoms with E-state index in [1.807, 2.05) is 0 Å². The van der Waals surface area contributed by atoms with Crippen molar-refractivity contribution in [3.05, 3.63) is 59.4 Å². The average molecular weight is 678 g/mol. The molecule has 0 aliphatic heterocycles. The average Bonchev–Trinajstić information content (AvgIpc) is 3.36. The summed E-state index contributed by atoms with van der Waals surface area (Å²) in [7, 11) is -3.80. The number of carboxylic acid groups (broad SMARTS) is 2. The van der Waals surface area contributed by atoms with Gasteiger partial charge in [0.1, 0.15) is 24.7 Å². The molecular formula is C27H25N3Na2O11S2. The molecule has 228 valence electrons. The molecule has 0 aliphatic rings. The van der Waals surface area contributed by atoms with E-state index in [0.29, 0.717) is 22.8 Å². The monoisotopic (exact) mass is 677 g/mol. The zero-order chi connectivity index (χ0) is 31.5. The maximum absolute atomic E-state index is 14.1. The molecule has 4 aromatic rings. The maximum atomic E-state index is 14.1. The number of carboxylic acids is 2. The number of carbonyl (C=O) groups excluding carboxylic acids is 2. The van der Waals surface area contributed by atoms with Gasteiger partial charge < -0.3 is 38.7 Å². The summed E-state index contributed by atoms with van der Waals surface area (Å²) < 4.78 is 63.8. The Morgan fingerprint density at radius 2 is 1.58 bits per heavy atom. The molecule has 14 nitrogen and oxygen atoms in total. The number of imidazole rings is 1. The smallest absolute Gasteiger partial charge is 0.546 e. The van der Waals surface area contributed by atoms with E-state index in [0.717, 1.165) is 27.7 Å². The summed E-state index contributed by atoms with van der Waals surface area (Å²) in [5.74, 6) is -3.22. The van der Waals surface area contributed by atoms with Gasteiger partial charge in [-0.3, -0.25) is 9.19 Å². The number of aromatic nitrogens is 3. The van der Waals surface area contributed by atoms with E-state index in [1.165, 1.54) is 26.4 Å². The topological polar surface area (TPSA) is 199 Å². The number of carbonyl (C=O) groups is 2. The Kier molecular flexibility index (Phi) is 13.9. The Morgan fingerprint density at radius 1 is 0.933 bits per heavy atom. The SMILES string of the molecule is COc1ccc2nc(S(=O)Cc3ncc(C)c(OC)c3C)n(S(=O)(=O)c3ccc(OCC(=O)[O-])c(OCC(=O)[O-])c3)c2c1.[Na+].[Na+]. The molecule has 0 saturated heterocycles. The first kappa shape index (κ1) is 38.5. The first-order valence-corrected chi connectivity index (χ1v) is 15.1. The minimum Gasteiger partial charge on any atom is -0.546 e. The van der Waals surface area contributed by atoms with Gasteiger partial charge >= 0.3 is 59.1 Å². The maximum Gasteiger partial charge on any atom is 1.00 e. The van der Waals surface area contributed by atoms with Crippen LogP contribution in [0.5, 0.6) is 23.0 Å². The fourth-order valence-electron chi connectivity index (χ4n) is 4.18. The van der Waals surface area contributed by atoms with E-state index < -0.39 is 56.6 Å². The summed E-state index contributed by atoms with van der Waals surface area (Å²) in [6.07, 6.45) is 1.56. The van der Waals surface area contributed by atoms with Crippen molar-refractivity contribution >= 4 is 43.8 Å². The molecule has 2 aromatic heterocycles. The van der Waals surface area contributed by atoms with Crippen molar-refractivity contribution in [2.24, 2.45) is 0 Å². The predicted molar refractivity (Wildman–Crippen MR) is 147 cm³/mol. The van der Waals surface area contributed by atoms with Crippen molar-refractivity contribution < 1.29 is 110 Å². The van der Waals surface area contributed by atoms with Gasteiger partial charge in [0.2, 0.25) is 5.16 Å². The van der Waals surface area contributed by atoms with Crippen molar-refractivity contribution in [3.8, 4) is 23.0 Å². The van der Waals surface area contributed by atoms with Gasteiger partial charge in [-0.15, -0.1) is 0 Å². The zero-order valence-corrected chi connectivity index (χ0v) is 30.9. The van der Waals surface area contributed by atoms with E-state index in [1.54, 1.807) is 26.1 Å². The summed E-state index contributed by atoms with van der Waals surface area (Å²) >= 11 is 0. The van der Waals surface area contributed by atoms with Gasteiger partial charge in [-0.2, -0.15) is 0 Å². The second-order valence-corrected chi connectivity index (χ2v) is 12.1. The molecule has 0 amide bonds. The third-order valence-corrected chi connectivity index (χ3v) is 9.19. The van der Waals surface area contributed by atoms with Gasteiger partial charge in [0.25, 0.3) is 10.0 Å². The zero-order valence-electron chi connectivity index (χ0n) is 25.3. The molecule has 1 unspecified atom stereocenters. The quantitative estimate of drug-likeness (QED) is 0.121. The first-order valence-electron chi connectivity index (χ1n) is 12.4. The summed E-state index contributed by atoms with van der Waals surface area (Å²) in [4.78, 5) is 30.2. The molecule has 4 rings (SSSR count). The van der Waals surface area contributed by atoms with Gasteiger partial charge in [-0.05, 0) is 38.1 Å². The minimum absolute atomic E-state index is 0. The van der Waals surface area contributed by atoms with Crippen LogP contribution in [0.25, 0.3) is 11.0 Å². The number of rotatable bonds is 13. The Balaban J connectivity index is 0.00000353. The molecule has 0 spiro atoms. The Labute approximate surface area is 305 Å². The van der Waals surface area contributed by atoms with Gasteiger partial charge in [-0.1, -0.05) is 0 Å². The standard InChI is InChI=1S/C27H27N3O11S2.2Na/c1-15-11-28-20(16(2)26(15)39-4)14-42(35)27-29-19-7-5-17(38-3)9-21(19)30(27)43(36,37)18-6-8-22(40-12-24(31)32)23(10-18)41-13-25(33)34;;/h5-11H,12-14H2,1-4H3,(H,31,32)(H,33,34);;/q;2*+1/p-2. The molecule has 1 atom stereocenters. The van der Waals surface area contributed by atoms with Crippen molar-refractivity contribution in [1.29, 1.82) is 0 Å². The molecule has 18 heteroatoms. The van der Waals surface area contributed by atoms with Crippen molar-refractivity contribution in [1.82, 2.24) is 13.9 Å². The molecule has 2 aromatic carbocycles. The van der Waals surface area contributed by atoms with Crippen LogP contribution in [0.4, 0.5) is 0 Å². The van der Waals surface area contributed by atoms with E-state index >= 15 is 0 Å². The van der Waals surface area contributed by atoms with Crippen LogP contribution in [0.1, 0.15) is 16.8 Å². The molecule has 0 radical (unpaired) electrons. The van der Waals surface area contributed by atoms with E-state index in [4.69, 9.17) is 18.9 Å². The molecule has 45 heavy (non-hydrogen) atoms. The van der Waals surface area contributed by atoms with E-state index in [2.05, 4.69) is 9.97 Å². The molecule has 0 fully saturated rings. The van der Waals surface area contributed by atoms with Gasteiger partial charge in [0.05, 0.1) is 64.3 Å². The van der Waals surface area contributed by atoms with Gasteiger partial charge in [-0.25, -0.2) is 17.4 Å². The third kappa shape index (κ3) is 8.56. The Bertz CT molecular complexity index is 1860. The Hall–Kier alpha value is -2.70. The van der Waals surface area contributed by atoms with Crippen LogP contribution < -0.4 is 88.3 Å². The summed E-state index contributed by atoms with van der Waals surface area (Å²) in [5.41, 5.74) is 2.04. The van der Waals surface area contributed by atoms with Crippen LogP contribution in [0.15, 0.2) is 52.6 Å². The number of nitrogens with zero attached hydrogens (tertiary/aromatic N) is 3. The second-order valence-electron chi connectivity index (χ2n) is 8.98. The molecule has 0 bridgehead atoms. The first-order chi connectivity index (χ1) is 20.4. The summed E-state index contributed by atoms with van der Waals surface area (Å²) in [5, 5.41) is 21.6. The van der Waals surface area contributed by atoms with Gasteiger partial charge in [0, 0.05) is 29.5 Å². The van der Waals surface area contributed by atoms with Crippen molar-refractivity contribution in [3.63, 3.8) is 0 Å². The van der Waals surface area contributed by atoms with Crippen LogP contribution in [0.2, 0.25) is 0 Å².